The monoisotopic (exact) mass is 175 g/mol. The van der Waals surface area contributed by atoms with Crippen LogP contribution in [0.15, 0.2) is 24.4 Å². The largest absolute Gasteiger partial charge is 0.294 e. The van der Waals surface area contributed by atoms with E-state index in [0.717, 1.165) is 16.8 Å². The van der Waals surface area contributed by atoms with Gasteiger partial charge in [0.2, 0.25) is 0 Å². The van der Waals surface area contributed by atoms with E-state index in [2.05, 4.69) is 4.98 Å². The molecule has 0 aliphatic rings. The molecule has 0 saturated carbocycles. The number of rotatable bonds is 2. The van der Waals surface area contributed by atoms with Gasteiger partial charge in [-0.05, 0) is 26.8 Å². The van der Waals surface area contributed by atoms with Crippen molar-refractivity contribution >= 4 is 11.4 Å². The molecule has 13 heavy (non-hydrogen) atoms. The summed E-state index contributed by atoms with van der Waals surface area (Å²) in [7, 11) is 0. The lowest BCUT2D eigenvalue weighted by Gasteiger charge is -2.05. The summed E-state index contributed by atoms with van der Waals surface area (Å²) in [5, 5.41) is 0. The molecular formula is C11H13NO. The second-order valence-corrected chi connectivity index (χ2v) is 2.89. The minimum absolute atomic E-state index is 0.0820. The van der Waals surface area contributed by atoms with Crippen LogP contribution in [0.3, 0.4) is 0 Å². The summed E-state index contributed by atoms with van der Waals surface area (Å²) < 4.78 is 0. The first kappa shape index (κ1) is 9.65. The highest BCUT2D eigenvalue weighted by atomic mass is 16.1. The van der Waals surface area contributed by atoms with Crippen molar-refractivity contribution in [3.8, 4) is 0 Å². The van der Waals surface area contributed by atoms with Gasteiger partial charge in [0.25, 0.3) is 0 Å². The first-order valence-corrected chi connectivity index (χ1v) is 4.26. The third-order valence-corrected chi connectivity index (χ3v) is 1.97. The number of ketones is 1. The van der Waals surface area contributed by atoms with Gasteiger partial charge in [-0.25, -0.2) is 0 Å². The molecule has 0 aromatic carbocycles. The number of allylic oxidation sites excluding steroid dienone is 2. The molecule has 0 bridgehead atoms. The Bertz CT molecular complexity index is 353. The SMILES string of the molecule is C/C=C(/C(C)=O)c1cccnc1C. The van der Waals surface area contributed by atoms with Gasteiger partial charge in [0, 0.05) is 23.0 Å². The van der Waals surface area contributed by atoms with Crippen molar-refractivity contribution in [3.63, 3.8) is 0 Å². The van der Waals surface area contributed by atoms with Crippen molar-refractivity contribution in [1.29, 1.82) is 0 Å². The minimum Gasteiger partial charge on any atom is -0.294 e. The zero-order chi connectivity index (χ0) is 9.84. The molecule has 1 heterocycles. The smallest absolute Gasteiger partial charge is 0.160 e. The standard InChI is InChI=1S/C11H13NO/c1-4-10(9(3)13)11-6-5-7-12-8(11)2/h4-7H,1-3H3/b10-4-. The van der Waals surface area contributed by atoms with Crippen LogP contribution in [0.1, 0.15) is 25.1 Å². The predicted octanol–water partition coefficient (Wildman–Crippen LogP) is 2.38. The molecule has 0 saturated heterocycles. The van der Waals surface area contributed by atoms with Gasteiger partial charge in [-0.2, -0.15) is 0 Å². The molecule has 0 radical (unpaired) electrons. The molecule has 0 unspecified atom stereocenters. The zero-order valence-corrected chi connectivity index (χ0v) is 8.16. The number of Topliss-reactive ketones (excluding diaryl/α,β-unsaturated/α-hetero) is 1. The molecule has 1 aromatic heterocycles. The van der Waals surface area contributed by atoms with Crippen molar-refractivity contribution in [2.75, 3.05) is 0 Å². The summed E-state index contributed by atoms with van der Waals surface area (Å²) in [5.41, 5.74) is 2.56. The minimum atomic E-state index is 0.0820. The van der Waals surface area contributed by atoms with E-state index in [1.807, 2.05) is 32.1 Å². The molecular weight excluding hydrogens is 162 g/mol. The lowest BCUT2D eigenvalue weighted by molar-refractivity contribution is -0.111. The summed E-state index contributed by atoms with van der Waals surface area (Å²) in [6.07, 6.45) is 3.55. The molecule has 0 aliphatic carbocycles. The summed E-state index contributed by atoms with van der Waals surface area (Å²) in [4.78, 5) is 15.4. The lowest BCUT2D eigenvalue weighted by atomic mass is 10.0. The first-order chi connectivity index (χ1) is 6.16. The van der Waals surface area contributed by atoms with Crippen LogP contribution in [0.5, 0.6) is 0 Å². The van der Waals surface area contributed by atoms with E-state index in [-0.39, 0.29) is 5.78 Å². The molecule has 2 nitrogen and oxygen atoms in total. The van der Waals surface area contributed by atoms with Crippen LogP contribution in [0.2, 0.25) is 0 Å². The van der Waals surface area contributed by atoms with Gasteiger partial charge >= 0.3 is 0 Å². The molecule has 1 aromatic rings. The lowest BCUT2D eigenvalue weighted by Crippen LogP contribution is -1.99. The van der Waals surface area contributed by atoms with Crippen LogP contribution < -0.4 is 0 Å². The Balaban J connectivity index is 3.21. The van der Waals surface area contributed by atoms with E-state index in [0.29, 0.717) is 0 Å². The highest BCUT2D eigenvalue weighted by Crippen LogP contribution is 2.17. The Morgan fingerprint density at radius 1 is 1.54 bits per heavy atom. The van der Waals surface area contributed by atoms with Gasteiger partial charge in [-0.15, -0.1) is 0 Å². The number of pyridine rings is 1. The quantitative estimate of drug-likeness (QED) is 0.646. The number of carbonyl (C=O) groups excluding carboxylic acids is 1. The highest BCUT2D eigenvalue weighted by molar-refractivity contribution is 6.19. The average Bonchev–Trinajstić information content (AvgIpc) is 2.09. The number of aryl methyl sites for hydroxylation is 1. The van der Waals surface area contributed by atoms with Gasteiger partial charge in [0.15, 0.2) is 5.78 Å². The number of carbonyl (C=O) groups is 1. The van der Waals surface area contributed by atoms with Crippen molar-refractivity contribution in [2.24, 2.45) is 0 Å². The maximum atomic E-state index is 11.2. The van der Waals surface area contributed by atoms with Crippen molar-refractivity contribution in [2.45, 2.75) is 20.8 Å². The summed E-state index contributed by atoms with van der Waals surface area (Å²) in [6.45, 7) is 5.34. The molecule has 1 rings (SSSR count). The van der Waals surface area contributed by atoms with Crippen LogP contribution in [0, 0.1) is 6.92 Å². The van der Waals surface area contributed by atoms with E-state index in [4.69, 9.17) is 0 Å². The summed E-state index contributed by atoms with van der Waals surface area (Å²) in [5.74, 6) is 0.0820. The van der Waals surface area contributed by atoms with Crippen LogP contribution in [-0.4, -0.2) is 10.8 Å². The zero-order valence-electron chi connectivity index (χ0n) is 8.16. The van der Waals surface area contributed by atoms with E-state index >= 15 is 0 Å². The van der Waals surface area contributed by atoms with Gasteiger partial charge in [-0.1, -0.05) is 12.1 Å². The topological polar surface area (TPSA) is 30.0 Å². The van der Waals surface area contributed by atoms with Crippen LogP contribution in [0.4, 0.5) is 0 Å². The Hall–Kier alpha value is -1.44. The molecule has 2 heteroatoms. The Labute approximate surface area is 78.3 Å². The Kier molecular flexibility index (Phi) is 2.96. The van der Waals surface area contributed by atoms with Crippen molar-refractivity contribution in [1.82, 2.24) is 4.98 Å². The fraction of sp³-hybridized carbons (Fsp3) is 0.273. The summed E-state index contributed by atoms with van der Waals surface area (Å²) >= 11 is 0. The molecule has 0 aliphatic heterocycles. The highest BCUT2D eigenvalue weighted by Gasteiger charge is 2.08. The van der Waals surface area contributed by atoms with Gasteiger partial charge in [0.1, 0.15) is 0 Å². The molecule has 0 amide bonds. The number of hydrogen-bond acceptors (Lipinski definition) is 2. The Morgan fingerprint density at radius 2 is 2.23 bits per heavy atom. The third kappa shape index (κ3) is 2.02. The van der Waals surface area contributed by atoms with Crippen LogP contribution in [-0.2, 0) is 4.79 Å². The average molecular weight is 175 g/mol. The van der Waals surface area contributed by atoms with Gasteiger partial charge < -0.3 is 0 Å². The van der Waals surface area contributed by atoms with Crippen LogP contribution >= 0.6 is 0 Å². The van der Waals surface area contributed by atoms with Crippen molar-refractivity contribution in [3.05, 3.63) is 35.7 Å². The predicted molar refractivity (Wildman–Crippen MR) is 53.3 cm³/mol. The van der Waals surface area contributed by atoms with E-state index in [9.17, 15) is 4.79 Å². The fourth-order valence-corrected chi connectivity index (χ4v) is 1.32. The van der Waals surface area contributed by atoms with Gasteiger partial charge in [0.05, 0.1) is 0 Å². The van der Waals surface area contributed by atoms with Crippen molar-refractivity contribution < 1.29 is 4.79 Å². The molecule has 68 valence electrons. The van der Waals surface area contributed by atoms with E-state index < -0.39 is 0 Å². The maximum absolute atomic E-state index is 11.2. The van der Waals surface area contributed by atoms with E-state index in [1.165, 1.54) is 0 Å². The first-order valence-electron chi connectivity index (χ1n) is 4.26. The second kappa shape index (κ2) is 3.99. The fourth-order valence-electron chi connectivity index (χ4n) is 1.32. The normalized spacial score (nSPS) is 11.5. The number of hydrogen-bond donors (Lipinski definition) is 0. The Morgan fingerprint density at radius 3 is 2.69 bits per heavy atom. The maximum Gasteiger partial charge on any atom is 0.160 e. The van der Waals surface area contributed by atoms with E-state index in [1.54, 1.807) is 13.1 Å². The molecule has 0 spiro atoms. The van der Waals surface area contributed by atoms with Crippen LogP contribution in [0.25, 0.3) is 5.57 Å². The van der Waals surface area contributed by atoms with Gasteiger partial charge in [-0.3, -0.25) is 9.78 Å². The number of aromatic nitrogens is 1. The summed E-state index contributed by atoms with van der Waals surface area (Å²) in [6, 6.07) is 3.76. The molecule has 0 atom stereocenters. The third-order valence-electron chi connectivity index (χ3n) is 1.97. The number of nitrogens with zero attached hydrogens (tertiary/aromatic N) is 1. The molecule has 0 N–H and O–H groups in total. The molecule has 0 fully saturated rings. The second-order valence-electron chi connectivity index (χ2n) is 2.89.